The van der Waals surface area contributed by atoms with Gasteiger partial charge in [-0.25, -0.2) is 0 Å². The molecular weight excluding hydrogens is 404 g/mol. The number of fused-ring (bicyclic) bond motifs is 1. The van der Waals surface area contributed by atoms with E-state index in [0.717, 1.165) is 11.1 Å². The van der Waals surface area contributed by atoms with Gasteiger partial charge in [0.2, 0.25) is 0 Å². The molecule has 3 aromatic rings. The summed E-state index contributed by atoms with van der Waals surface area (Å²) in [5.74, 6) is 0.564. The maximum absolute atomic E-state index is 13.0. The molecule has 1 aliphatic rings. The highest BCUT2D eigenvalue weighted by Gasteiger charge is 2.44. The number of ether oxygens (including phenoxy) is 2. The minimum Gasteiger partial charge on any atom is -0.485 e. The number of aliphatic hydroxyl groups excluding tert-OH is 1. The molecule has 164 valence electrons. The summed E-state index contributed by atoms with van der Waals surface area (Å²) in [6.45, 7) is 4.60. The fourth-order valence-corrected chi connectivity index (χ4v) is 4.01. The van der Waals surface area contributed by atoms with E-state index in [9.17, 15) is 15.2 Å². The predicted molar refractivity (Wildman–Crippen MR) is 121 cm³/mol. The van der Waals surface area contributed by atoms with Crippen LogP contribution in [0.15, 0.2) is 71.7 Å². The number of hydrogen-bond acceptors (Lipinski definition) is 5. The lowest BCUT2D eigenvalue weighted by molar-refractivity contribution is -0.0642. The van der Waals surface area contributed by atoms with Crippen molar-refractivity contribution in [2.75, 3.05) is 6.61 Å². The van der Waals surface area contributed by atoms with Crippen LogP contribution in [0.1, 0.15) is 42.1 Å². The Bertz CT molecular complexity index is 1190. The van der Waals surface area contributed by atoms with Crippen LogP contribution in [0.25, 0.3) is 0 Å². The van der Waals surface area contributed by atoms with Crippen LogP contribution in [0.3, 0.4) is 0 Å². The van der Waals surface area contributed by atoms with Crippen LogP contribution in [-0.4, -0.2) is 28.0 Å². The molecule has 32 heavy (non-hydrogen) atoms. The van der Waals surface area contributed by atoms with E-state index in [4.69, 9.17) is 9.47 Å². The summed E-state index contributed by atoms with van der Waals surface area (Å²) in [7, 11) is 0. The lowest BCUT2D eigenvalue weighted by atomic mass is 9.85. The number of pyridine rings is 1. The van der Waals surface area contributed by atoms with Gasteiger partial charge in [-0.15, -0.1) is 0 Å². The van der Waals surface area contributed by atoms with Crippen molar-refractivity contribution in [1.29, 1.82) is 5.26 Å². The fraction of sp³-hybridized carbons (Fsp3) is 0.308. The number of aromatic nitrogens is 1. The Balaban J connectivity index is 1.54. The topological polar surface area (TPSA) is 84.5 Å². The second kappa shape index (κ2) is 8.99. The molecule has 6 nitrogen and oxygen atoms in total. The molecule has 0 unspecified atom stereocenters. The zero-order chi connectivity index (χ0) is 22.7. The zero-order valence-electron chi connectivity index (χ0n) is 18.2. The van der Waals surface area contributed by atoms with Crippen LogP contribution >= 0.6 is 0 Å². The van der Waals surface area contributed by atoms with E-state index in [1.54, 1.807) is 44.3 Å². The Morgan fingerprint density at radius 2 is 1.91 bits per heavy atom. The normalized spacial score (nSPS) is 18.9. The number of hydrogen-bond donors (Lipinski definition) is 1. The fourth-order valence-electron chi connectivity index (χ4n) is 4.01. The van der Waals surface area contributed by atoms with Crippen LogP contribution in [-0.2, 0) is 17.8 Å². The van der Waals surface area contributed by atoms with Gasteiger partial charge in [-0.1, -0.05) is 30.3 Å². The average Bonchev–Trinajstić information content (AvgIpc) is 2.79. The van der Waals surface area contributed by atoms with Gasteiger partial charge in [-0.3, -0.25) is 4.79 Å². The summed E-state index contributed by atoms with van der Waals surface area (Å²) in [5.41, 5.74) is 1.93. The predicted octanol–water partition coefficient (Wildman–Crippen LogP) is 3.60. The molecule has 1 N–H and O–H groups in total. The SMILES string of the molecule is CC1(C)Oc2ccc(C#N)cc2[C@H](n2ccc(CCOCc3ccccc3)cc2=O)[C@H]1O. The molecule has 0 bridgehead atoms. The maximum Gasteiger partial charge on any atom is 0.251 e. The first-order valence-corrected chi connectivity index (χ1v) is 10.6. The zero-order valence-corrected chi connectivity index (χ0v) is 18.2. The molecule has 1 aromatic heterocycles. The lowest BCUT2D eigenvalue weighted by Crippen LogP contribution is -2.52. The van der Waals surface area contributed by atoms with E-state index in [0.29, 0.717) is 36.5 Å². The molecule has 0 saturated heterocycles. The van der Waals surface area contributed by atoms with Crippen molar-refractivity contribution in [3.8, 4) is 11.8 Å². The molecule has 0 spiro atoms. The van der Waals surface area contributed by atoms with Gasteiger partial charge in [0.15, 0.2) is 0 Å². The van der Waals surface area contributed by atoms with Crippen molar-refractivity contribution in [3.63, 3.8) is 0 Å². The van der Waals surface area contributed by atoms with Crippen LogP contribution in [0.5, 0.6) is 5.75 Å². The number of aliphatic hydroxyl groups is 1. The van der Waals surface area contributed by atoms with Gasteiger partial charge >= 0.3 is 0 Å². The highest BCUT2D eigenvalue weighted by molar-refractivity contribution is 5.46. The first kappa shape index (κ1) is 21.8. The molecule has 0 aliphatic carbocycles. The van der Waals surface area contributed by atoms with E-state index >= 15 is 0 Å². The minimum atomic E-state index is -0.971. The Labute approximate surface area is 187 Å². The first-order chi connectivity index (χ1) is 15.4. The average molecular weight is 431 g/mol. The van der Waals surface area contributed by atoms with Gasteiger partial charge in [-0.05, 0) is 55.7 Å². The maximum atomic E-state index is 13.0. The molecule has 0 radical (unpaired) electrons. The van der Waals surface area contributed by atoms with E-state index < -0.39 is 17.7 Å². The first-order valence-electron chi connectivity index (χ1n) is 10.6. The molecule has 2 atom stereocenters. The van der Waals surface area contributed by atoms with Crippen LogP contribution in [0.2, 0.25) is 0 Å². The summed E-state index contributed by atoms with van der Waals surface area (Å²) in [6.07, 6.45) is 1.34. The summed E-state index contributed by atoms with van der Waals surface area (Å²) in [5, 5.41) is 20.3. The summed E-state index contributed by atoms with van der Waals surface area (Å²) >= 11 is 0. The van der Waals surface area contributed by atoms with Gasteiger partial charge < -0.3 is 19.1 Å². The number of rotatable bonds is 6. The van der Waals surface area contributed by atoms with Crippen LogP contribution in [0, 0.1) is 11.3 Å². The third-order valence-corrected chi connectivity index (χ3v) is 5.80. The smallest absolute Gasteiger partial charge is 0.251 e. The van der Waals surface area contributed by atoms with Gasteiger partial charge in [0.1, 0.15) is 17.5 Å². The van der Waals surface area contributed by atoms with Gasteiger partial charge in [0.25, 0.3) is 5.56 Å². The van der Waals surface area contributed by atoms with Gasteiger partial charge in [0, 0.05) is 17.8 Å². The Morgan fingerprint density at radius 3 is 2.62 bits per heavy atom. The van der Waals surface area contributed by atoms with Gasteiger partial charge in [0.05, 0.1) is 30.9 Å². The number of nitriles is 1. The molecule has 0 amide bonds. The molecule has 6 heteroatoms. The quantitative estimate of drug-likeness (QED) is 0.604. The Morgan fingerprint density at radius 1 is 1.12 bits per heavy atom. The summed E-state index contributed by atoms with van der Waals surface area (Å²) in [4.78, 5) is 13.0. The number of benzene rings is 2. The largest absolute Gasteiger partial charge is 0.485 e. The molecule has 4 rings (SSSR count). The lowest BCUT2D eigenvalue weighted by Gasteiger charge is -2.42. The second-order valence-electron chi connectivity index (χ2n) is 8.53. The highest BCUT2D eigenvalue weighted by atomic mass is 16.5. The van der Waals surface area contributed by atoms with Crippen molar-refractivity contribution < 1.29 is 14.6 Å². The second-order valence-corrected chi connectivity index (χ2v) is 8.53. The van der Waals surface area contributed by atoms with E-state index in [1.165, 1.54) is 4.57 Å². The van der Waals surface area contributed by atoms with E-state index in [2.05, 4.69) is 6.07 Å². The van der Waals surface area contributed by atoms with Crippen molar-refractivity contribution in [1.82, 2.24) is 4.57 Å². The molecule has 0 fully saturated rings. The van der Waals surface area contributed by atoms with E-state index in [-0.39, 0.29) is 5.56 Å². The monoisotopic (exact) mass is 430 g/mol. The van der Waals surface area contributed by atoms with Crippen molar-refractivity contribution in [2.24, 2.45) is 0 Å². The molecule has 2 heterocycles. The van der Waals surface area contributed by atoms with E-state index in [1.807, 2.05) is 36.4 Å². The Kier molecular flexibility index (Phi) is 6.13. The molecule has 0 saturated carbocycles. The summed E-state index contributed by atoms with van der Waals surface area (Å²) < 4.78 is 13.2. The molecule has 1 aliphatic heterocycles. The third-order valence-electron chi connectivity index (χ3n) is 5.80. The molecular formula is C26H26N2O4. The minimum absolute atomic E-state index is 0.222. The summed E-state index contributed by atoms with van der Waals surface area (Å²) in [6, 6.07) is 19.9. The van der Waals surface area contributed by atoms with Crippen LogP contribution < -0.4 is 10.3 Å². The van der Waals surface area contributed by atoms with Crippen molar-refractivity contribution >= 4 is 0 Å². The standard InChI is InChI=1S/C26H26N2O4/c1-26(2)25(30)24(21-14-20(16-27)8-9-22(21)32-26)28-12-10-18(15-23(28)29)11-13-31-17-19-6-4-3-5-7-19/h3-10,12,14-15,24-25,30H,11,13,17H2,1-2H3/t24-,25+/m0/s1. The highest BCUT2D eigenvalue weighted by Crippen LogP contribution is 2.41. The van der Waals surface area contributed by atoms with Crippen molar-refractivity contribution in [2.45, 2.75) is 44.6 Å². The Hall–Kier alpha value is -3.40. The number of nitrogens with zero attached hydrogens (tertiary/aromatic N) is 2. The van der Waals surface area contributed by atoms with Gasteiger partial charge in [-0.2, -0.15) is 5.26 Å². The third kappa shape index (κ3) is 4.45. The molecule has 2 aromatic carbocycles. The van der Waals surface area contributed by atoms with Crippen LogP contribution in [0.4, 0.5) is 0 Å². The van der Waals surface area contributed by atoms with Crippen molar-refractivity contribution in [3.05, 3.63) is 99.5 Å².